The highest BCUT2D eigenvalue weighted by atomic mass is 15.0. The molecule has 0 spiro atoms. The van der Waals surface area contributed by atoms with Gasteiger partial charge in [-0.05, 0) is 72.3 Å². The van der Waals surface area contributed by atoms with E-state index in [0.29, 0.717) is 0 Å². The zero-order chi connectivity index (χ0) is 33.5. The van der Waals surface area contributed by atoms with Crippen LogP contribution in [0.5, 0.6) is 0 Å². The van der Waals surface area contributed by atoms with Gasteiger partial charge in [0, 0.05) is 49.3 Å². The molecule has 3 aromatic heterocycles. The van der Waals surface area contributed by atoms with E-state index in [1.54, 1.807) is 0 Å². The van der Waals surface area contributed by atoms with Crippen LogP contribution in [0.4, 0.5) is 0 Å². The minimum absolute atomic E-state index is 1.16. The summed E-state index contributed by atoms with van der Waals surface area (Å²) in [7, 11) is 0. The van der Waals surface area contributed by atoms with Gasteiger partial charge in [0.15, 0.2) is 0 Å². The van der Waals surface area contributed by atoms with Crippen molar-refractivity contribution in [1.82, 2.24) is 13.7 Å². The molecule has 0 amide bonds. The molecule has 8 aromatic carbocycles. The first-order valence-corrected chi connectivity index (χ1v) is 17.5. The van der Waals surface area contributed by atoms with Crippen molar-refractivity contribution in [3.63, 3.8) is 0 Å². The van der Waals surface area contributed by atoms with Crippen molar-refractivity contribution in [2.75, 3.05) is 0 Å². The third kappa shape index (κ3) is 4.00. The predicted molar refractivity (Wildman–Crippen MR) is 215 cm³/mol. The Labute approximate surface area is 294 Å². The average molecular weight is 650 g/mol. The first-order chi connectivity index (χ1) is 25.3. The predicted octanol–water partition coefficient (Wildman–Crippen LogP) is 12.6. The first-order valence-electron chi connectivity index (χ1n) is 17.5. The summed E-state index contributed by atoms with van der Waals surface area (Å²) in [6.45, 7) is 0. The molecule has 11 rings (SSSR count). The molecular weight excluding hydrogens is 619 g/mol. The zero-order valence-electron chi connectivity index (χ0n) is 27.7. The second-order valence-electron chi connectivity index (χ2n) is 13.3. The fourth-order valence-corrected chi connectivity index (χ4v) is 8.52. The van der Waals surface area contributed by atoms with Crippen molar-refractivity contribution in [3.8, 4) is 28.2 Å². The largest absolute Gasteiger partial charge is 0.309 e. The van der Waals surface area contributed by atoms with Gasteiger partial charge in [0.1, 0.15) is 0 Å². The molecule has 51 heavy (non-hydrogen) atoms. The van der Waals surface area contributed by atoms with E-state index in [2.05, 4.69) is 202 Å². The summed E-state index contributed by atoms with van der Waals surface area (Å²) >= 11 is 0. The van der Waals surface area contributed by atoms with Crippen molar-refractivity contribution in [1.29, 1.82) is 0 Å². The van der Waals surface area contributed by atoms with E-state index >= 15 is 0 Å². The van der Waals surface area contributed by atoms with Crippen LogP contribution in [-0.2, 0) is 0 Å². The van der Waals surface area contributed by atoms with E-state index < -0.39 is 0 Å². The summed E-state index contributed by atoms with van der Waals surface area (Å²) in [4.78, 5) is 0. The molecule has 0 aliphatic heterocycles. The molecule has 238 valence electrons. The number of fused-ring (bicyclic) bond motifs is 10. The number of benzene rings is 8. The van der Waals surface area contributed by atoms with Gasteiger partial charge in [-0.1, -0.05) is 121 Å². The molecule has 11 aromatic rings. The maximum absolute atomic E-state index is 2.48. The van der Waals surface area contributed by atoms with Gasteiger partial charge in [-0.3, -0.25) is 0 Å². The Balaban J connectivity index is 1.21. The lowest BCUT2D eigenvalue weighted by molar-refractivity contribution is 1.17. The first kappa shape index (κ1) is 28.0. The van der Waals surface area contributed by atoms with E-state index in [1.165, 1.54) is 82.2 Å². The van der Waals surface area contributed by atoms with E-state index in [4.69, 9.17) is 0 Å². The van der Waals surface area contributed by atoms with Gasteiger partial charge in [0.05, 0.1) is 38.8 Å². The van der Waals surface area contributed by atoms with E-state index in [0.717, 1.165) is 11.4 Å². The lowest BCUT2D eigenvalue weighted by Crippen LogP contribution is -1.97. The smallest absolute Gasteiger partial charge is 0.0641 e. The van der Waals surface area contributed by atoms with E-state index in [-0.39, 0.29) is 0 Å². The maximum Gasteiger partial charge on any atom is 0.0641 e. The summed E-state index contributed by atoms with van der Waals surface area (Å²) in [5.74, 6) is 0. The molecule has 0 radical (unpaired) electrons. The van der Waals surface area contributed by atoms with Crippen molar-refractivity contribution in [3.05, 3.63) is 188 Å². The van der Waals surface area contributed by atoms with Gasteiger partial charge in [-0.15, -0.1) is 0 Å². The van der Waals surface area contributed by atoms with Gasteiger partial charge in [-0.2, -0.15) is 0 Å². The number of para-hydroxylation sites is 6. The Kier molecular flexibility index (Phi) is 5.96. The molecular formula is C48H31N3. The molecule has 0 fully saturated rings. The molecule has 0 N–H and O–H groups in total. The summed E-state index contributed by atoms with van der Waals surface area (Å²) in [6.07, 6.45) is 0. The maximum atomic E-state index is 2.48. The normalized spacial score (nSPS) is 11.9. The van der Waals surface area contributed by atoms with Crippen LogP contribution in [0.15, 0.2) is 188 Å². The summed E-state index contributed by atoms with van der Waals surface area (Å²) in [6, 6.07) is 68.4. The third-order valence-corrected chi connectivity index (χ3v) is 10.6. The Morgan fingerprint density at radius 2 is 0.804 bits per heavy atom. The zero-order valence-corrected chi connectivity index (χ0v) is 27.7. The molecule has 3 heteroatoms. The van der Waals surface area contributed by atoms with Crippen LogP contribution in [0.1, 0.15) is 0 Å². The van der Waals surface area contributed by atoms with Crippen LogP contribution in [-0.4, -0.2) is 13.7 Å². The molecule has 0 atom stereocenters. The number of hydrogen-bond donors (Lipinski definition) is 0. The van der Waals surface area contributed by atoms with Crippen LogP contribution in [0.25, 0.3) is 93.6 Å². The summed E-state index contributed by atoms with van der Waals surface area (Å²) in [5, 5.41) is 7.53. The molecule has 3 nitrogen and oxygen atoms in total. The third-order valence-electron chi connectivity index (χ3n) is 10.6. The van der Waals surface area contributed by atoms with E-state index in [9.17, 15) is 0 Å². The van der Waals surface area contributed by atoms with Crippen molar-refractivity contribution in [2.24, 2.45) is 0 Å². The summed E-state index contributed by atoms with van der Waals surface area (Å²) < 4.78 is 7.31. The van der Waals surface area contributed by atoms with Crippen LogP contribution in [0.3, 0.4) is 0 Å². The van der Waals surface area contributed by atoms with Crippen LogP contribution in [0.2, 0.25) is 0 Å². The monoisotopic (exact) mass is 649 g/mol. The highest BCUT2D eigenvalue weighted by Crippen LogP contribution is 2.44. The Morgan fingerprint density at radius 3 is 1.53 bits per heavy atom. The highest BCUT2D eigenvalue weighted by molar-refractivity contribution is 6.26. The second kappa shape index (κ2) is 10.8. The number of hydrogen-bond acceptors (Lipinski definition) is 0. The van der Waals surface area contributed by atoms with Crippen LogP contribution in [0, 0.1) is 0 Å². The number of rotatable bonds is 4. The lowest BCUT2D eigenvalue weighted by Gasteiger charge is -2.15. The molecule has 0 saturated carbocycles. The van der Waals surface area contributed by atoms with Crippen molar-refractivity contribution < 1.29 is 0 Å². The fraction of sp³-hybridized carbons (Fsp3) is 0. The van der Waals surface area contributed by atoms with Gasteiger partial charge >= 0.3 is 0 Å². The highest BCUT2D eigenvalue weighted by Gasteiger charge is 2.22. The molecule has 0 bridgehead atoms. The number of aromatic nitrogens is 3. The van der Waals surface area contributed by atoms with Crippen LogP contribution >= 0.6 is 0 Å². The number of nitrogens with zero attached hydrogens (tertiary/aromatic N) is 3. The average Bonchev–Trinajstić information content (AvgIpc) is 3.84. The van der Waals surface area contributed by atoms with Gasteiger partial charge in [0.2, 0.25) is 0 Å². The lowest BCUT2D eigenvalue weighted by atomic mass is 10.0. The van der Waals surface area contributed by atoms with Crippen molar-refractivity contribution in [2.45, 2.75) is 0 Å². The van der Waals surface area contributed by atoms with Gasteiger partial charge in [-0.25, -0.2) is 0 Å². The Hall–Kier alpha value is -6.84. The molecule has 0 unspecified atom stereocenters. The van der Waals surface area contributed by atoms with Gasteiger partial charge < -0.3 is 13.7 Å². The molecule has 0 aliphatic carbocycles. The van der Waals surface area contributed by atoms with Crippen molar-refractivity contribution >= 4 is 65.4 Å². The fourth-order valence-electron chi connectivity index (χ4n) is 8.52. The molecule has 0 saturated heterocycles. The SMILES string of the molecule is c1ccc(-n2c3ccccc3c3cc(-c4ccccc4-n4c5ccccc5c5c4ccc4c6ccccc6n(-c6ccccc6)c45)ccc32)cc1. The van der Waals surface area contributed by atoms with Gasteiger partial charge in [0.25, 0.3) is 0 Å². The quantitative estimate of drug-likeness (QED) is 0.180. The van der Waals surface area contributed by atoms with Crippen LogP contribution < -0.4 is 0 Å². The Bertz CT molecular complexity index is 3120. The standard InChI is InChI=1S/C48H31N3/c1-3-15-33(16-4-1)49-42-24-12-9-21-37(42)40-31-32(27-29-45(40)49)35-19-7-11-23-41(35)51-44-26-14-10-22-39(44)47-46(51)30-28-38-36-20-8-13-25-43(36)50(48(38)47)34-17-5-2-6-18-34/h1-31H. The van der Waals surface area contributed by atoms with E-state index in [1.807, 2.05) is 0 Å². The topological polar surface area (TPSA) is 14.8 Å². The second-order valence-corrected chi connectivity index (χ2v) is 13.3. The minimum Gasteiger partial charge on any atom is -0.309 e. The Morgan fingerprint density at radius 1 is 0.294 bits per heavy atom. The minimum atomic E-state index is 1.16. The summed E-state index contributed by atoms with van der Waals surface area (Å²) in [5.41, 5.74) is 13.1. The molecule has 0 aliphatic rings. The molecule has 3 heterocycles.